The molecule has 0 aromatic rings. The Morgan fingerprint density at radius 2 is 1.96 bits per heavy atom. The highest BCUT2D eigenvalue weighted by Crippen LogP contribution is 2.65. The molecule has 3 saturated carbocycles. The van der Waals surface area contributed by atoms with Crippen LogP contribution in [0.5, 0.6) is 0 Å². The van der Waals surface area contributed by atoms with Gasteiger partial charge in [-0.25, -0.2) is 4.79 Å². The summed E-state index contributed by atoms with van der Waals surface area (Å²) >= 11 is 0. The van der Waals surface area contributed by atoms with E-state index in [0.717, 1.165) is 43.9 Å². The average molecular weight is 348 g/mol. The molecule has 0 heterocycles. The van der Waals surface area contributed by atoms with Crippen LogP contribution in [0.2, 0.25) is 0 Å². The Bertz CT molecular complexity index is 584. The van der Waals surface area contributed by atoms with Crippen molar-refractivity contribution in [2.24, 2.45) is 28.6 Å². The van der Waals surface area contributed by atoms with Crippen molar-refractivity contribution in [2.45, 2.75) is 77.4 Å². The van der Waals surface area contributed by atoms with Gasteiger partial charge < -0.3 is 14.9 Å². The molecule has 4 aliphatic carbocycles. The summed E-state index contributed by atoms with van der Waals surface area (Å²) in [4.78, 5) is 10.8. The maximum absolute atomic E-state index is 10.8. The topological polar surface area (TPSA) is 66.8 Å². The molecule has 4 nitrogen and oxygen atoms in total. The fourth-order valence-electron chi connectivity index (χ4n) is 6.98. The van der Waals surface area contributed by atoms with Crippen LogP contribution in [0.3, 0.4) is 0 Å². The van der Waals surface area contributed by atoms with Gasteiger partial charge in [-0.2, -0.15) is 0 Å². The highest BCUT2D eigenvalue weighted by atomic mass is 16.5. The Balaban J connectivity index is 1.55. The SMILES string of the molecule is CC12CCC(OCC(=O)O)C=C1CCC1C2CCC2(C)C(O)CCC12. The van der Waals surface area contributed by atoms with E-state index in [2.05, 4.69) is 19.9 Å². The van der Waals surface area contributed by atoms with Crippen LogP contribution in [-0.2, 0) is 9.53 Å². The van der Waals surface area contributed by atoms with E-state index in [0.29, 0.717) is 5.92 Å². The molecule has 2 N–H and O–H groups in total. The average Bonchev–Trinajstić information content (AvgIpc) is 2.88. The van der Waals surface area contributed by atoms with Gasteiger partial charge in [-0.15, -0.1) is 0 Å². The van der Waals surface area contributed by atoms with E-state index in [-0.39, 0.29) is 29.6 Å². The van der Waals surface area contributed by atoms with E-state index < -0.39 is 5.97 Å². The number of ether oxygens (including phenoxy) is 1. The van der Waals surface area contributed by atoms with Gasteiger partial charge in [-0.05, 0) is 80.0 Å². The molecule has 4 heteroatoms. The first-order chi connectivity index (χ1) is 11.8. The van der Waals surface area contributed by atoms with Gasteiger partial charge in [0.15, 0.2) is 0 Å². The lowest BCUT2D eigenvalue weighted by atomic mass is 9.47. The van der Waals surface area contributed by atoms with Crippen LogP contribution in [0.25, 0.3) is 0 Å². The monoisotopic (exact) mass is 348 g/mol. The molecule has 0 bridgehead atoms. The molecule has 0 spiro atoms. The fourth-order valence-corrected chi connectivity index (χ4v) is 6.98. The van der Waals surface area contributed by atoms with Crippen molar-refractivity contribution >= 4 is 5.97 Å². The third-order valence-electron chi connectivity index (χ3n) is 8.44. The van der Waals surface area contributed by atoms with Crippen LogP contribution in [0, 0.1) is 28.6 Å². The highest BCUT2D eigenvalue weighted by Gasteiger charge is 2.58. The normalized spacial score (nSPS) is 48.9. The number of rotatable bonds is 3. The number of hydrogen-bond donors (Lipinski definition) is 2. The van der Waals surface area contributed by atoms with Crippen molar-refractivity contribution in [1.29, 1.82) is 0 Å². The molecule has 25 heavy (non-hydrogen) atoms. The molecule has 0 saturated heterocycles. The van der Waals surface area contributed by atoms with Gasteiger partial charge in [0.2, 0.25) is 0 Å². The van der Waals surface area contributed by atoms with E-state index in [1.165, 1.54) is 24.8 Å². The number of carbonyl (C=O) groups is 1. The van der Waals surface area contributed by atoms with Crippen LogP contribution in [0.1, 0.15) is 65.2 Å². The third-order valence-corrected chi connectivity index (χ3v) is 8.44. The second kappa shape index (κ2) is 6.09. The molecule has 0 aromatic heterocycles. The van der Waals surface area contributed by atoms with E-state index in [1.807, 2.05) is 0 Å². The number of hydrogen-bond acceptors (Lipinski definition) is 3. The molecule has 7 unspecified atom stereocenters. The van der Waals surface area contributed by atoms with Gasteiger partial charge in [-0.1, -0.05) is 25.5 Å². The van der Waals surface area contributed by atoms with Crippen LogP contribution in [0.4, 0.5) is 0 Å². The highest BCUT2D eigenvalue weighted by molar-refractivity contribution is 5.68. The summed E-state index contributed by atoms with van der Waals surface area (Å²) in [5.74, 6) is 1.26. The van der Waals surface area contributed by atoms with Crippen molar-refractivity contribution in [3.05, 3.63) is 11.6 Å². The maximum atomic E-state index is 10.8. The van der Waals surface area contributed by atoms with Gasteiger partial charge in [-0.3, -0.25) is 0 Å². The van der Waals surface area contributed by atoms with Crippen molar-refractivity contribution in [3.8, 4) is 0 Å². The first-order valence-corrected chi connectivity index (χ1v) is 10.1. The molecule has 0 radical (unpaired) electrons. The summed E-state index contributed by atoms with van der Waals surface area (Å²) in [6.07, 6.45) is 11.1. The molecule has 0 aromatic carbocycles. The lowest BCUT2D eigenvalue weighted by Gasteiger charge is -2.58. The minimum atomic E-state index is -0.887. The van der Waals surface area contributed by atoms with Gasteiger partial charge in [0.05, 0.1) is 12.2 Å². The van der Waals surface area contributed by atoms with Crippen LogP contribution < -0.4 is 0 Å². The Morgan fingerprint density at radius 1 is 1.16 bits per heavy atom. The molecule has 4 rings (SSSR count). The minimum absolute atomic E-state index is 0.0297. The number of fused-ring (bicyclic) bond motifs is 5. The Kier molecular flexibility index (Phi) is 4.27. The van der Waals surface area contributed by atoms with Gasteiger partial charge in [0.25, 0.3) is 0 Å². The van der Waals surface area contributed by atoms with Gasteiger partial charge in [0.1, 0.15) is 6.61 Å². The zero-order valence-corrected chi connectivity index (χ0v) is 15.5. The molecule has 0 amide bonds. The lowest BCUT2D eigenvalue weighted by Crippen LogP contribution is -2.51. The minimum Gasteiger partial charge on any atom is -0.480 e. The summed E-state index contributed by atoms with van der Waals surface area (Å²) in [6.45, 7) is 4.57. The van der Waals surface area contributed by atoms with Gasteiger partial charge in [0, 0.05) is 0 Å². The maximum Gasteiger partial charge on any atom is 0.329 e. The molecular formula is C21H32O4. The van der Waals surface area contributed by atoms with E-state index in [9.17, 15) is 9.90 Å². The van der Waals surface area contributed by atoms with Crippen LogP contribution in [0.15, 0.2) is 11.6 Å². The predicted octanol–water partition coefficient (Wildman–Crippen LogP) is 3.78. The predicted molar refractivity (Wildman–Crippen MR) is 95.1 cm³/mol. The summed E-state index contributed by atoms with van der Waals surface area (Å²) in [5, 5.41) is 19.4. The number of carboxylic acid groups (broad SMARTS) is 1. The first kappa shape index (κ1) is 17.5. The van der Waals surface area contributed by atoms with Crippen LogP contribution >= 0.6 is 0 Å². The summed E-state index contributed by atoms with van der Waals surface area (Å²) in [6, 6.07) is 0. The Labute approximate surface area is 150 Å². The molecule has 4 aliphatic rings. The zero-order valence-electron chi connectivity index (χ0n) is 15.5. The fraction of sp³-hybridized carbons (Fsp3) is 0.857. The quantitative estimate of drug-likeness (QED) is 0.762. The zero-order chi connectivity index (χ0) is 17.8. The summed E-state index contributed by atoms with van der Waals surface area (Å²) in [7, 11) is 0. The number of carboxylic acids is 1. The van der Waals surface area contributed by atoms with Crippen molar-refractivity contribution in [3.63, 3.8) is 0 Å². The molecule has 0 aliphatic heterocycles. The Morgan fingerprint density at radius 3 is 2.72 bits per heavy atom. The smallest absolute Gasteiger partial charge is 0.329 e. The molecule has 3 fully saturated rings. The molecular weight excluding hydrogens is 316 g/mol. The second-order valence-corrected chi connectivity index (χ2v) is 9.44. The second-order valence-electron chi connectivity index (χ2n) is 9.44. The van der Waals surface area contributed by atoms with E-state index >= 15 is 0 Å². The standard InChI is InChI=1S/C21H32O4/c1-20-9-7-14(25-12-19(23)24)11-13(20)3-4-15-16-5-6-18(22)21(16,2)10-8-17(15)20/h11,14-18,22H,3-10,12H2,1-2H3,(H,23,24). The number of aliphatic hydroxyl groups is 1. The van der Waals surface area contributed by atoms with Crippen molar-refractivity contribution in [2.75, 3.05) is 6.61 Å². The Hall–Kier alpha value is -0.870. The third kappa shape index (κ3) is 2.68. The summed E-state index contributed by atoms with van der Waals surface area (Å²) < 4.78 is 5.56. The van der Waals surface area contributed by atoms with Gasteiger partial charge >= 0.3 is 5.97 Å². The lowest BCUT2D eigenvalue weighted by molar-refractivity contribution is -0.144. The van der Waals surface area contributed by atoms with E-state index in [4.69, 9.17) is 9.84 Å². The van der Waals surface area contributed by atoms with Crippen molar-refractivity contribution in [1.82, 2.24) is 0 Å². The van der Waals surface area contributed by atoms with Crippen LogP contribution in [-0.4, -0.2) is 35.0 Å². The summed E-state index contributed by atoms with van der Waals surface area (Å²) in [5.41, 5.74) is 1.90. The first-order valence-electron chi connectivity index (χ1n) is 10.1. The van der Waals surface area contributed by atoms with E-state index in [1.54, 1.807) is 0 Å². The number of aliphatic hydroxyl groups excluding tert-OH is 1. The number of aliphatic carboxylic acids is 1. The largest absolute Gasteiger partial charge is 0.480 e. The molecule has 7 atom stereocenters. The number of allylic oxidation sites excluding steroid dienone is 1. The molecule has 140 valence electrons. The van der Waals surface area contributed by atoms with Crippen molar-refractivity contribution < 1.29 is 19.7 Å².